The third kappa shape index (κ3) is 6.78. The molecule has 12 heavy (non-hydrogen) atoms. The van der Waals surface area contributed by atoms with Crippen molar-refractivity contribution in [1.29, 1.82) is 0 Å². The fourth-order valence-electron chi connectivity index (χ4n) is 1.86. The van der Waals surface area contributed by atoms with Gasteiger partial charge in [0.1, 0.15) is 0 Å². The first kappa shape index (κ1) is 12.1. The van der Waals surface area contributed by atoms with Gasteiger partial charge in [0.15, 0.2) is 0 Å². The van der Waals surface area contributed by atoms with Gasteiger partial charge in [0.05, 0.1) is 0 Å². The van der Waals surface area contributed by atoms with Crippen LogP contribution in [0.3, 0.4) is 0 Å². The third-order valence-electron chi connectivity index (χ3n) is 1.59. The van der Waals surface area contributed by atoms with Gasteiger partial charge in [0.25, 0.3) is 0 Å². The number of thiol groups is 1. The van der Waals surface area contributed by atoms with Crippen LogP contribution in [0.2, 0.25) is 0 Å². The quantitative estimate of drug-likeness (QED) is 0.498. The van der Waals surface area contributed by atoms with Gasteiger partial charge in [-0.05, 0) is 25.2 Å². The molecule has 0 aromatic heterocycles. The number of rotatable bonds is 3. The van der Waals surface area contributed by atoms with Crippen LogP contribution in [0.15, 0.2) is 12.2 Å². The molecule has 1 heteroatoms. The van der Waals surface area contributed by atoms with Crippen molar-refractivity contribution in [1.82, 2.24) is 0 Å². The first-order valence-corrected chi connectivity index (χ1v) is 4.94. The normalized spacial score (nSPS) is 17.2. The van der Waals surface area contributed by atoms with Crippen molar-refractivity contribution in [3.8, 4) is 0 Å². The van der Waals surface area contributed by atoms with Gasteiger partial charge in [0, 0.05) is 4.75 Å². The molecule has 0 aliphatic carbocycles. The van der Waals surface area contributed by atoms with E-state index in [1.54, 1.807) is 0 Å². The van der Waals surface area contributed by atoms with Gasteiger partial charge < -0.3 is 0 Å². The first-order valence-electron chi connectivity index (χ1n) is 4.49. The van der Waals surface area contributed by atoms with Gasteiger partial charge >= 0.3 is 0 Å². The van der Waals surface area contributed by atoms with E-state index >= 15 is 0 Å². The fraction of sp³-hybridized carbons (Fsp3) is 0.818. The lowest BCUT2D eigenvalue weighted by molar-refractivity contribution is 0.329. The van der Waals surface area contributed by atoms with E-state index in [1.807, 2.05) is 0 Å². The Bertz CT molecular complexity index is 160. The predicted molar refractivity (Wildman–Crippen MR) is 60.9 cm³/mol. The first-order chi connectivity index (χ1) is 5.12. The minimum absolute atomic E-state index is 0.101. The lowest BCUT2D eigenvalue weighted by atomic mass is 9.82. The van der Waals surface area contributed by atoms with Gasteiger partial charge in [-0.15, -0.1) is 6.58 Å². The maximum atomic E-state index is 4.66. The molecule has 1 atom stereocenters. The monoisotopic (exact) mass is 186 g/mol. The number of hydrogen-bond donors (Lipinski definition) is 1. The van der Waals surface area contributed by atoms with E-state index in [0.717, 1.165) is 12.8 Å². The SMILES string of the molecule is C=C(C)CC(C)(S)CC(C)(C)C. The van der Waals surface area contributed by atoms with E-state index in [0.29, 0.717) is 5.41 Å². The lowest BCUT2D eigenvalue weighted by Gasteiger charge is -2.31. The van der Waals surface area contributed by atoms with Crippen molar-refractivity contribution in [2.75, 3.05) is 0 Å². The molecule has 0 aliphatic rings. The summed E-state index contributed by atoms with van der Waals surface area (Å²) in [5.74, 6) is 0. The summed E-state index contributed by atoms with van der Waals surface area (Å²) < 4.78 is 0.101. The van der Waals surface area contributed by atoms with E-state index in [9.17, 15) is 0 Å². The number of hydrogen-bond acceptors (Lipinski definition) is 1. The number of allylic oxidation sites excluding steroid dienone is 1. The zero-order valence-corrected chi connectivity index (χ0v) is 9.96. The minimum atomic E-state index is 0.101. The van der Waals surface area contributed by atoms with Crippen molar-refractivity contribution >= 4 is 12.6 Å². The Hall–Kier alpha value is 0.0900. The third-order valence-corrected chi connectivity index (χ3v) is 1.91. The highest BCUT2D eigenvalue weighted by atomic mass is 32.1. The van der Waals surface area contributed by atoms with Crippen molar-refractivity contribution in [2.45, 2.75) is 52.2 Å². The summed E-state index contributed by atoms with van der Waals surface area (Å²) in [5, 5.41) is 0. The van der Waals surface area contributed by atoms with Crippen molar-refractivity contribution in [3.05, 3.63) is 12.2 Å². The Kier molecular flexibility index (Phi) is 3.89. The molecule has 0 aromatic carbocycles. The van der Waals surface area contributed by atoms with E-state index in [4.69, 9.17) is 0 Å². The standard InChI is InChI=1S/C11H22S/c1-9(2)7-11(6,12)8-10(3,4)5/h12H,1,7-8H2,2-6H3. The second-order valence-electron chi connectivity index (χ2n) is 5.37. The molecule has 0 aliphatic heterocycles. The molecule has 0 rings (SSSR count). The summed E-state index contributed by atoms with van der Waals surface area (Å²) in [6.45, 7) is 14.9. The summed E-state index contributed by atoms with van der Waals surface area (Å²) in [5.41, 5.74) is 1.57. The lowest BCUT2D eigenvalue weighted by Crippen LogP contribution is -2.24. The maximum Gasteiger partial charge on any atom is 0.0143 e. The van der Waals surface area contributed by atoms with Crippen LogP contribution in [0.25, 0.3) is 0 Å². The van der Waals surface area contributed by atoms with Crippen LogP contribution >= 0.6 is 12.6 Å². The summed E-state index contributed by atoms with van der Waals surface area (Å²) >= 11 is 4.66. The highest BCUT2D eigenvalue weighted by molar-refractivity contribution is 7.81. The molecule has 0 nitrogen and oxygen atoms in total. The average molecular weight is 186 g/mol. The second-order valence-corrected chi connectivity index (χ2v) is 6.45. The molecule has 0 spiro atoms. The van der Waals surface area contributed by atoms with E-state index in [2.05, 4.69) is 53.8 Å². The molecule has 0 N–H and O–H groups in total. The Balaban J connectivity index is 4.13. The molecule has 0 fully saturated rings. The summed E-state index contributed by atoms with van der Waals surface area (Å²) in [6.07, 6.45) is 2.13. The molecular formula is C11H22S. The average Bonchev–Trinajstić information content (AvgIpc) is 1.48. The van der Waals surface area contributed by atoms with Gasteiger partial charge in [-0.25, -0.2) is 0 Å². The van der Waals surface area contributed by atoms with Crippen molar-refractivity contribution < 1.29 is 0 Å². The van der Waals surface area contributed by atoms with Gasteiger partial charge in [0.2, 0.25) is 0 Å². The molecule has 0 aromatic rings. The minimum Gasteiger partial charge on any atom is -0.172 e. The van der Waals surface area contributed by atoms with Gasteiger partial charge in [-0.2, -0.15) is 12.6 Å². The molecule has 0 heterocycles. The van der Waals surface area contributed by atoms with Crippen LogP contribution in [-0.2, 0) is 0 Å². The van der Waals surface area contributed by atoms with Crippen LogP contribution in [-0.4, -0.2) is 4.75 Å². The smallest absolute Gasteiger partial charge is 0.0143 e. The Morgan fingerprint density at radius 2 is 1.67 bits per heavy atom. The molecule has 0 radical (unpaired) electrons. The highest BCUT2D eigenvalue weighted by Gasteiger charge is 2.25. The van der Waals surface area contributed by atoms with Crippen LogP contribution in [0.5, 0.6) is 0 Å². The van der Waals surface area contributed by atoms with E-state index in [-0.39, 0.29) is 4.75 Å². The maximum absolute atomic E-state index is 4.66. The molecule has 0 bridgehead atoms. The molecule has 0 amide bonds. The fourth-order valence-corrected chi connectivity index (χ4v) is 2.60. The Morgan fingerprint density at radius 1 is 1.25 bits per heavy atom. The van der Waals surface area contributed by atoms with Gasteiger partial charge in [-0.1, -0.05) is 33.3 Å². The van der Waals surface area contributed by atoms with Crippen molar-refractivity contribution in [2.24, 2.45) is 5.41 Å². The topological polar surface area (TPSA) is 0 Å². The van der Waals surface area contributed by atoms with E-state index in [1.165, 1.54) is 5.57 Å². The molecule has 0 saturated carbocycles. The Labute approximate surface area is 82.9 Å². The van der Waals surface area contributed by atoms with Crippen LogP contribution < -0.4 is 0 Å². The second kappa shape index (κ2) is 3.87. The highest BCUT2D eigenvalue weighted by Crippen LogP contribution is 2.35. The largest absolute Gasteiger partial charge is 0.172 e. The zero-order valence-electron chi connectivity index (χ0n) is 9.07. The van der Waals surface area contributed by atoms with Crippen molar-refractivity contribution in [3.63, 3.8) is 0 Å². The predicted octanol–water partition coefficient (Wildman–Crippen LogP) is 4.08. The van der Waals surface area contributed by atoms with E-state index < -0.39 is 0 Å². The van der Waals surface area contributed by atoms with Gasteiger partial charge in [-0.3, -0.25) is 0 Å². The Morgan fingerprint density at radius 3 is 1.92 bits per heavy atom. The molecule has 72 valence electrons. The molecule has 1 unspecified atom stereocenters. The van der Waals surface area contributed by atoms with Crippen LogP contribution in [0.4, 0.5) is 0 Å². The molecular weight excluding hydrogens is 164 g/mol. The molecule has 0 saturated heterocycles. The summed E-state index contributed by atoms with van der Waals surface area (Å²) in [6, 6.07) is 0. The van der Waals surface area contributed by atoms with Crippen LogP contribution in [0.1, 0.15) is 47.5 Å². The summed E-state index contributed by atoms with van der Waals surface area (Å²) in [7, 11) is 0. The zero-order chi connectivity index (χ0) is 9.99. The van der Waals surface area contributed by atoms with Crippen LogP contribution in [0, 0.1) is 5.41 Å². The summed E-state index contributed by atoms with van der Waals surface area (Å²) in [4.78, 5) is 0.